The van der Waals surface area contributed by atoms with Crippen LogP contribution in [0.25, 0.3) is 16.6 Å². The normalized spacial score (nSPS) is 11.0. The van der Waals surface area contributed by atoms with E-state index in [1.807, 2.05) is 41.7 Å². The summed E-state index contributed by atoms with van der Waals surface area (Å²) in [6, 6.07) is 21.3. The number of carbonyl (C=O) groups is 2. The molecule has 4 rings (SSSR count). The molecular weight excluding hydrogens is 376 g/mol. The predicted molar refractivity (Wildman–Crippen MR) is 117 cm³/mol. The Kier molecular flexibility index (Phi) is 5.11. The van der Waals surface area contributed by atoms with Gasteiger partial charge in [0.05, 0.1) is 11.1 Å². The van der Waals surface area contributed by atoms with Crippen molar-refractivity contribution in [3.63, 3.8) is 0 Å². The molecule has 150 valence electrons. The SMILES string of the molecule is CCc1c(C(=O)C(N)=O)c2cc(O)ccn2c1Cc1ccccc1-c1ccccc1. The van der Waals surface area contributed by atoms with E-state index >= 15 is 0 Å². The summed E-state index contributed by atoms with van der Waals surface area (Å²) in [5.74, 6) is -1.72. The Morgan fingerprint density at radius 1 is 1.00 bits per heavy atom. The smallest absolute Gasteiger partial charge is 0.289 e. The van der Waals surface area contributed by atoms with Crippen molar-refractivity contribution in [1.82, 2.24) is 4.40 Å². The topological polar surface area (TPSA) is 84.8 Å². The molecule has 0 saturated heterocycles. The highest BCUT2D eigenvalue weighted by Gasteiger charge is 2.26. The first-order valence-corrected chi connectivity index (χ1v) is 9.83. The second kappa shape index (κ2) is 7.87. The zero-order chi connectivity index (χ0) is 21.3. The average Bonchev–Trinajstić information content (AvgIpc) is 3.06. The Morgan fingerprint density at radius 3 is 2.40 bits per heavy atom. The van der Waals surface area contributed by atoms with Gasteiger partial charge in [0, 0.05) is 24.4 Å². The molecule has 2 aromatic heterocycles. The Morgan fingerprint density at radius 2 is 1.70 bits per heavy atom. The number of pyridine rings is 1. The van der Waals surface area contributed by atoms with Gasteiger partial charge in [-0.05, 0) is 34.7 Å². The zero-order valence-electron chi connectivity index (χ0n) is 16.6. The minimum Gasteiger partial charge on any atom is -0.508 e. The Labute approximate surface area is 174 Å². The highest BCUT2D eigenvalue weighted by atomic mass is 16.3. The number of nitrogens with two attached hydrogens (primary N) is 1. The number of amides is 1. The van der Waals surface area contributed by atoms with E-state index < -0.39 is 11.7 Å². The lowest BCUT2D eigenvalue weighted by Gasteiger charge is -2.12. The van der Waals surface area contributed by atoms with Crippen LogP contribution < -0.4 is 5.73 Å². The van der Waals surface area contributed by atoms with Gasteiger partial charge in [-0.2, -0.15) is 0 Å². The van der Waals surface area contributed by atoms with Crippen molar-refractivity contribution < 1.29 is 14.7 Å². The molecule has 0 aliphatic rings. The molecule has 0 aliphatic carbocycles. The molecule has 0 spiro atoms. The lowest BCUT2D eigenvalue weighted by atomic mass is 9.94. The van der Waals surface area contributed by atoms with Crippen molar-refractivity contribution in [1.29, 1.82) is 0 Å². The van der Waals surface area contributed by atoms with Gasteiger partial charge < -0.3 is 15.2 Å². The summed E-state index contributed by atoms with van der Waals surface area (Å²) in [5, 5.41) is 9.99. The molecule has 30 heavy (non-hydrogen) atoms. The van der Waals surface area contributed by atoms with E-state index in [2.05, 4.69) is 24.3 Å². The minimum absolute atomic E-state index is 0.0254. The third-order valence-corrected chi connectivity index (χ3v) is 5.40. The number of hydrogen-bond acceptors (Lipinski definition) is 3. The van der Waals surface area contributed by atoms with Crippen molar-refractivity contribution in [2.75, 3.05) is 0 Å². The van der Waals surface area contributed by atoms with Crippen LogP contribution in [0, 0.1) is 0 Å². The summed E-state index contributed by atoms with van der Waals surface area (Å²) in [4.78, 5) is 24.3. The van der Waals surface area contributed by atoms with Gasteiger partial charge in [0.2, 0.25) is 0 Å². The number of benzene rings is 2. The van der Waals surface area contributed by atoms with Gasteiger partial charge in [-0.1, -0.05) is 61.5 Å². The molecule has 0 atom stereocenters. The molecule has 3 N–H and O–H groups in total. The Hall–Kier alpha value is -3.86. The van der Waals surface area contributed by atoms with E-state index in [0.29, 0.717) is 18.4 Å². The molecule has 2 heterocycles. The molecule has 0 bridgehead atoms. The first kappa shape index (κ1) is 19.5. The number of aromatic hydroxyl groups is 1. The molecule has 2 aromatic carbocycles. The van der Waals surface area contributed by atoms with Crippen LogP contribution in [-0.2, 0) is 17.6 Å². The molecule has 5 heteroatoms. The summed E-state index contributed by atoms with van der Waals surface area (Å²) >= 11 is 0. The minimum atomic E-state index is -1.00. The summed E-state index contributed by atoms with van der Waals surface area (Å²) in [5.41, 5.74) is 11.1. The van der Waals surface area contributed by atoms with Crippen LogP contribution in [-0.4, -0.2) is 21.2 Å². The average molecular weight is 398 g/mol. The molecule has 0 fully saturated rings. The van der Waals surface area contributed by atoms with E-state index in [1.165, 1.54) is 6.07 Å². The fraction of sp³-hybridized carbons (Fsp3) is 0.120. The van der Waals surface area contributed by atoms with Gasteiger partial charge in [-0.3, -0.25) is 9.59 Å². The summed E-state index contributed by atoms with van der Waals surface area (Å²) in [7, 11) is 0. The van der Waals surface area contributed by atoms with Gasteiger partial charge >= 0.3 is 0 Å². The third kappa shape index (κ3) is 3.35. The summed E-state index contributed by atoms with van der Waals surface area (Å²) in [6.07, 6.45) is 2.84. The molecule has 5 nitrogen and oxygen atoms in total. The predicted octanol–water partition coefficient (Wildman–Crippen LogP) is 4.13. The summed E-state index contributed by atoms with van der Waals surface area (Å²) in [6.45, 7) is 1.94. The van der Waals surface area contributed by atoms with Gasteiger partial charge in [0.25, 0.3) is 11.7 Å². The number of fused-ring (bicyclic) bond motifs is 1. The third-order valence-electron chi connectivity index (χ3n) is 5.40. The largest absolute Gasteiger partial charge is 0.508 e. The zero-order valence-corrected chi connectivity index (χ0v) is 16.6. The Bertz CT molecular complexity index is 1260. The lowest BCUT2D eigenvalue weighted by molar-refractivity contribution is -0.114. The maximum absolute atomic E-state index is 12.6. The van der Waals surface area contributed by atoms with Crippen LogP contribution in [0.3, 0.4) is 0 Å². The monoisotopic (exact) mass is 398 g/mol. The van der Waals surface area contributed by atoms with Crippen LogP contribution in [0.2, 0.25) is 0 Å². The summed E-state index contributed by atoms with van der Waals surface area (Å²) < 4.78 is 1.87. The number of Topliss-reactive ketones (excluding diaryl/α,β-unsaturated/α-hetero) is 1. The second-order valence-corrected chi connectivity index (χ2v) is 7.19. The van der Waals surface area contributed by atoms with Crippen LogP contribution in [0.15, 0.2) is 72.9 Å². The number of aromatic nitrogens is 1. The van der Waals surface area contributed by atoms with Crippen LogP contribution in [0.4, 0.5) is 0 Å². The highest BCUT2D eigenvalue weighted by molar-refractivity contribution is 6.44. The van der Waals surface area contributed by atoms with Gasteiger partial charge in [0.1, 0.15) is 5.75 Å². The molecule has 0 aliphatic heterocycles. The van der Waals surface area contributed by atoms with E-state index in [0.717, 1.165) is 27.9 Å². The van der Waals surface area contributed by atoms with E-state index in [1.54, 1.807) is 12.3 Å². The van der Waals surface area contributed by atoms with Crippen LogP contribution >= 0.6 is 0 Å². The molecule has 0 unspecified atom stereocenters. The first-order chi connectivity index (χ1) is 14.5. The quantitative estimate of drug-likeness (QED) is 0.378. The maximum Gasteiger partial charge on any atom is 0.289 e. The van der Waals surface area contributed by atoms with Crippen LogP contribution in [0.1, 0.15) is 34.1 Å². The number of ketones is 1. The fourth-order valence-electron chi connectivity index (χ4n) is 4.06. The van der Waals surface area contributed by atoms with E-state index in [4.69, 9.17) is 5.73 Å². The molecule has 4 aromatic rings. The number of rotatable bonds is 6. The van der Waals surface area contributed by atoms with Gasteiger partial charge in [-0.15, -0.1) is 0 Å². The van der Waals surface area contributed by atoms with Crippen LogP contribution in [0.5, 0.6) is 5.75 Å². The number of nitrogens with zero attached hydrogens (tertiary/aromatic N) is 1. The molecule has 0 saturated carbocycles. The van der Waals surface area contributed by atoms with Crippen molar-refractivity contribution in [2.45, 2.75) is 19.8 Å². The van der Waals surface area contributed by atoms with Crippen molar-refractivity contribution in [3.8, 4) is 16.9 Å². The van der Waals surface area contributed by atoms with Gasteiger partial charge in [-0.25, -0.2) is 0 Å². The molecule has 1 amide bonds. The number of hydrogen-bond donors (Lipinski definition) is 2. The van der Waals surface area contributed by atoms with E-state index in [9.17, 15) is 14.7 Å². The molecule has 0 radical (unpaired) electrons. The van der Waals surface area contributed by atoms with E-state index in [-0.39, 0.29) is 11.3 Å². The van der Waals surface area contributed by atoms with Crippen molar-refractivity contribution >= 4 is 17.2 Å². The number of carbonyl (C=O) groups excluding carboxylic acids is 2. The van der Waals surface area contributed by atoms with Crippen molar-refractivity contribution in [3.05, 3.63) is 95.3 Å². The van der Waals surface area contributed by atoms with Crippen molar-refractivity contribution in [2.24, 2.45) is 5.73 Å². The molecular formula is C25H22N2O3. The lowest BCUT2D eigenvalue weighted by Crippen LogP contribution is -2.23. The standard InChI is InChI=1S/C25H22N2O3/c1-2-19-21(14-17-10-6-7-11-20(17)16-8-4-3-5-9-16)27-13-12-18(28)15-22(27)23(19)24(29)25(26)30/h3-13,15,28H,2,14H2,1H3,(H2,26,30). The second-order valence-electron chi connectivity index (χ2n) is 7.19. The maximum atomic E-state index is 12.6. The van der Waals surface area contributed by atoms with Gasteiger partial charge in [0.15, 0.2) is 0 Å². The first-order valence-electron chi connectivity index (χ1n) is 9.83. The Balaban J connectivity index is 1.93. The fourth-order valence-corrected chi connectivity index (χ4v) is 4.06. The number of primary amides is 1. The highest BCUT2D eigenvalue weighted by Crippen LogP contribution is 2.32.